The largest absolute Gasteiger partial charge is 0.379 e. The van der Waals surface area contributed by atoms with Gasteiger partial charge >= 0.3 is 0 Å². The van der Waals surface area contributed by atoms with Crippen molar-refractivity contribution in [2.45, 2.75) is 33.2 Å². The summed E-state index contributed by atoms with van der Waals surface area (Å²) >= 11 is 0. The van der Waals surface area contributed by atoms with Crippen LogP contribution in [0, 0.1) is 0 Å². The molecule has 0 spiro atoms. The molecule has 0 aromatic carbocycles. The van der Waals surface area contributed by atoms with Gasteiger partial charge in [-0.05, 0) is 27.2 Å². The first-order valence-electron chi connectivity index (χ1n) is 7.73. The standard InChI is InChI=1S/C15H30N4O/c1-4-6-7-8-17-15(16-5-2)18-13-14(3)19-9-11-20-12-10-19/h4,6,14H,5,7-13H2,1-3H3,(H2,16,17,18). The average Bonchev–Trinajstić information content (AvgIpc) is 2.49. The van der Waals surface area contributed by atoms with Gasteiger partial charge in [0.2, 0.25) is 0 Å². The first-order valence-corrected chi connectivity index (χ1v) is 7.73. The SMILES string of the molecule is CC=CCCNC(=NCC(C)N1CCOCC1)NCC. The molecule has 0 aliphatic carbocycles. The van der Waals surface area contributed by atoms with Crippen molar-refractivity contribution < 1.29 is 4.74 Å². The summed E-state index contributed by atoms with van der Waals surface area (Å²) in [4.78, 5) is 7.11. The highest BCUT2D eigenvalue weighted by atomic mass is 16.5. The van der Waals surface area contributed by atoms with Gasteiger partial charge in [-0.25, -0.2) is 0 Å². The van der Waals surface area contributed by atoms with Crippen molar-refractivity contribution in [3.63, 3.8) is 0 Å². The quantitative estimate of drug-likeness (QED) is 0.319. The monoisotopic (exact) mass is 282 g/mol. The van der Waals surface area contributed by atoms with Crippen LogP contribution in [0.5, 0.6) is 0 Å². The number of aliphatic imine (C=N–C) groups is 1. The molecule has 0 saturated carbocycles. The van der Waals surface area contributed by atoms with E-state index in [0.717, 1.165) is 58.3 Å². The fourth-order valence-electron chi connectivity index (χ4n) is 2.14. The molecular weight excluding hydrogens is 252 g/mol. The van der Waals surface area contributed by atoms with Crippen LogP contribution in [0.3, 0.4) is 0 Å². The molecule has 20 heavy (non-hydrogen) atoms. The molecule has 1 saturated heterocycles. The first-order chi connectivity index (χ1) is 9.77. The lowest BCUT2D eigenvalue weighted by molar-refractivity contribution is 0.0220. The highest BCUT2D eigenvalue weighted by Gasteiger charge is 2.16. The van der Waals surface area contributed by atoms with E-state index in [4.69, 9.17) is 4.74 Å². The summed E-state index contributed by atoms with van der Waals surface area (Å²) in [6.45, 7) is 12.7. The maximum absolute atomic E-state index is 5.38. The molecule has 0 bridgehead atoms. The summed E-state index contributed by atoms with van der Waals surface area (Å²) in [7, 11) is 0. The molecule has 1 aliphatic heterocycles. The highest BCUT2D eigenvalue weighted by molar-refractivity contribution is 5.79. The van der Waals surface area contributed by atoms with Crippen molar-refractivity contribution in [1.29, 1.82) is 0 Å². The number of nitrogens with one attached hydrogen (secondary N) is 2. The van der Waals surface area contributed by atoms with Crippen LogP contribution in [-0.4, -0.2) is 62.8 Å². The molecule has 0 radical (unpaired) electrons. The number of rotatable bonds is 7. The zero-order valence-corrected chi connectivity index (χ0v) is 13.2. The van der Waals surface area contributed by atoms with Crippen LogP contribution >= 0.6 is 0 Å². The van der Waals surface area contributed by atoms with Crippen molar-refractivity contribution in [2.75, 3.05) is 45.9 Å². The van der Waals surface area contributed by atoms with Gasteiger partial charge in [0.15, 0.2) is 5.96 Å². The Labute approximate surface area is 123 Å². The molecule has 1 unspecified atom stereocenters. The summed E-state index contributed by atoms with van der Waals surface area (Å²) in [5, 5.41) is 6.65. The summed E-state index contributed by atoms with van der Waals surface area (Å²) in [6, 6.07) is 0.463. The predicted octanol–water partition coefficient (Wildman–Crippen LogP) is 1.23. The van der Waals surface area contributed by atoms with E-state index in [1.165, 1.54) is 0 Å². The minimum Gasteiger partial charge on any atom is -0.379 e. The smallest absolute Gasteiger partial charge is 0.191 e. The van der Waals surface area contributed by atoms with Crippen LogP contribution in [0.1, 0.15) is 27.2 Å². The van der Waals surface area contributed by atoms with Crippen LogP contribution in [0.2, 0.25) is 0 Å². The Morgan fingerprint density at radius 2 is 2.10 bits per heavy atom. The number of nitrogens with zero attached hydrogens (tertiary/aromatic N) is 2. The number of guanidine groups is 1. The van der Waals surface area contributed by atoms with Crippen LogP contribution in [0.15, 0.2) is 17.1 Å². The van der Waals surface area contributed by atoms with Crippen LogP contribution in [-0.2, 0) is 4.74 Å². The lowest BCUT2D eigenvalue weighted by Crippen LogP contribution is -2.44. The van der Waals surface area contributed by atoms with Crippen molar-refractivity contribution in [1.82, 2.24) is 15.5 Å². The summed E-state index contributed by atoms with van der Waals surface area (Å²) in [5.74, 6) is 0.914. The maximum atomic E-state index is 5.38. The zero-order chi connectivity index (χ0) is 14.6. The lowest BCUT2D eigenvalue weighted by atomic mass is 10.2. The maximum Gasteiger partial charge on any atom is 0.191 e. The van der Waals surface area contributed by atoms with E-state index >= 15 is 0 Å². The van der Waals surface area contributed by atoms with E-state index in [2.05, 4.69) is 46.5 Å². The van der Waals surface area contributed by atoms with E-state index in [1.807, 2.05) is 6.92 Å². The second kappa shape index (κ2) is 10.7. The van der Waals surface area contributed by atoms with Crippen LogP contribution < -0.4 is 10.6 Å². The van der Waals surface area contributed by atoms with Gasteiger partial charge in [-0.2, -0.15) is 0 Å². The minimum atomic E-state index is 0.463. The third-order valence-corrected chi connectivity index (χ3v) is 3.37. The summed E-state index contributed by atoms with van der Waals surface area (Å²) < 4.78 is 5.38. The van der Waals surface area contributed by atoms with Crippen LogP contribution in [0.4, 0.5) is 0 Å². The fourth-order valence-corrected chi connectivity index (χ4v) is 2.14. The molecule has 1 rings (SSSR count). The molecule has 1 fully saturated rings. The molecule has 2 N–H and O–H groups in total. The van der Waals surface area contributed by atoms with Gasteiger partial charge in [0.1, 0.15) is 0 Å². The Balaban J connectivity index is 2.35. The zero-order valence-electron chi connectivity index (χ0n) is 13.2. The van der Waals surface area contributed by atoms with Crippen LogP contribution in [0.25, 0.3) is 0 Å². The van der Waals surface area contributed by atoms with E-state index < -0.39 is 0 Å². The molecular formula is C15H30N4O. The van der Waals surface area contributed by atoms with E-state index in [1.54, 1.807) is 0 Å². The van der Waals surface area contributed by atoms with Gasteiger partial charge in [0.05, 0.1) is 19.8 Å². The molecule has 0 aromatic rings. The predicted molar refractivity (Wildman–Crippen MR) is 85.3 cm³/mol. The molecule has 1 heterocycles. The van der Waals surface area contributed by atoms with Gasteiger partial charge in [-0.15, -0.1) is 0 Å². The normalized spacial score (nSPS) is 19.2. The third-order valence-electron chi connectivity index (χ3n) is 3.37. The summed E-state index contributed by atoms with van der Waals surface area (Å²) in [6.07, 6.45) is 5.26. The van der Waals surface area contributed by atoms with Crippen molar-refractivity contribution in [3.05, 3.63) is 12.2 Å². The van der Waals surface area contributed by atoms with Gasteiger partial charge in [0.25, 0.3) is 0 Å². The highest BCUT2D eigenvalue weighted by Crippen LogP contribution is 2.03. The van der Waals surface area contributed by atoms with Gasteiger partial charge in [-0.1, -0.05) is 12.2 Å². The molecule has 5 nitrogen and oxygen atoms in total. The van der Waals surface area contributed by atoms with E-state index in [-0.39, 0.29) is 0 Å². The number of allylic oxidation sites excluding steroid dienone is 1. The Morgan fingerprint density at radius 1 is 1.35 bits per heavy atom. The van der Waals surface area contributed by atoms with E-state index in [9.17, 15) is 0 Å². The Hall–Kier alpha value is -1.07. The fraction of sp³-hybridized carbons (Fsp3) is 0.800. The molecule has 1 aliphatic rings. The molecule has 116 valence electrons. The summed E-state index contributed by atoms with van der Waals surface area (Å²) in [5.41, 5.74) is 0. The van der Waals surface area contributed by atoms with Crippen molar-refractivity contribution in [2.24, 2.45) is 4.99 Å². The molecule has 5 heteroatoms. The average molecular weight is 282 g/mol. The Bertz CT molecular complexity index is 298. The Morgan fingerprint density at radius 3 is 2.75 bits per heavy atom. The molecule has 1 atom stereocenters. The number of ether oxygens (including phenoxy) is 1. The van der Waals surface area contributed by atoms with Crippen molar-refractivity contribution >= 4 is 5.96 Å². The first kappa shape index (κ1) is 17.0. The molecule has 0 amide bonds. The third kappa shape index (κ3) is 6.91. The Kier molecular flexibility index (Phi) is 9.07. The second-order valence-electron chi connectivity index (χ2n) is 5.00. The van der Waals surface area contributed by atoms with Gasteiger partial charge in [0, 0.05) is 32.2 Å². The number of hydrogen-bond acceptors (Lipinski definition) is 3. The number of morpholine rings is 1. The van der Waals surface area contributed by atoms with Gasteiger partial charge < -0.3 is 15.4 Å². The number of hydrogen-bond donors (Lipinski definition) is 2. The topological polar surface area (TPSA) is 48.9 Å². The minimum absolute atomic E-state index is 0.463. The van der Waals surface area contributed by atoms with Gasteiger partial charge in [-0.3, -0.25) is 9.89 Å². The lowest BCUT2D eigenvalue weighted by Gasteiger charge is -2.31. The van der Waals surface area contributed by atoms with Crippen molar-refractivity contribution in [3.8, 4) is 0 Å². The second-order valence-corrected chi connectivity index (χ2v) is 5.00. The molecule has 0 aromatic heterocycles. The van der Waals surface area contributed by atoms with E-state index in [0.29, 0.717) is 6.04 Å².